The van der Waals surface area contributed by atoms with Gasteiger partial charge in [-0.2, -0.15) is 8.78 Å². The molecule has 128 valence electrons. The molecule has 0 spiro atoms. The fraction of sp³-hybridized carbons (Fsp3) is 0.400. The number of nitrogens with two attached hydrogens (primary N) is 1. The van der Waals surface area contributed by atoms with E-state index in [4.69, 9.17) is 5.73 Å². The molecular weight excluding hydrogens is 306 g/mol. The maximum atomic E-state index is 12.5. The zero-order chi connectivity index (χ0) is 17.6. The average Bonchev–Trinajstić information content (AvgIpc) is 2.46. The van der Waals surface area contributed by atoms with Crippen LogP contribution in [-0.4, -0.2) is 51.7 Å². The van der Waals surface area contributed by atoms with E-state index in [1.54, 1.807) is 7.05 Å². The summed E-state index contributed by atoms with van der Waals surface area (Å²) in [4.78, 5) is 15.3. The number of anilines is 3. The second-order valence-corrected chi connectivity index (χ2v) is 5.20. The molecule has 1 aromatic carbocycles. The van der Waals surface area contributed by atoms with Crippen molar-refractivity contribution in [3.8, 4) is 5.75 Å². The predicted octanol–water partition coefficient (Wildman–Crippen LogP) is 1.99. The summed E-state index contributed by atoms with van der Waals surface area (Å²) in [6, 6.07) is 2.77. The molecule has 1 rings (SSSR count). The van der Waals surface area contributed by atoms with Crippen LogP contribution in [0, 0.1) is 0 Å². The minimum Gasteiger partial charge on any atom is -0.433 e. The van der Waals surface area contributed by atoms with Crippen molar-refractivity contribution in [1.29, 1.82) is 0 Å². The largest absolute Gasteiger partial charge is 0.433 e. The SMILES string of the molecule is C=CC(=O)Nc1cc(N)c(OC(F)F)cc1N(C)CCN(C)C. The van der Waals surface area contributed by atoms with Gasteiger partial charge in [0.25, 0.3) is 0 Å². The number of hydrogen-bond donors (Lipinski definition) is 2. The van der Waals surface area contributed by atoms with Crippen LogP contribution in [0.1, 0.15) is 0 Å². The number of halogens is 2. The highest BCUT2D eigenvalue weighted by atomic mass is 19.3. The number of rotatable bonds is 8. The van der Waals surface area contributed by atoms with Gasteiger partial charge in [0, 0.05) is 26.2 Å². The van der Waals surface area contributed by atoms with E-state index in [1.807, 2.05) is 23.9 Å². The number of nitrogen functional groups attached to an aromatic ring is 1. The molecule has 0 saturated carbocycles. The summed E-state index contributed by atoms with van der Waals surface area (Å²) in [5.74, 6) is -0.558. The molecule has 0 saturated heterocycles. The van der Waals surface area contributed by atoms with E-state index in [2.05, 4.69) is 16.6 Å². The summed E-state index contributed by atoms with van der Waals surface area (Å²) in [6.07, 6.45) is 1.11. The lowest BCUT2D eigenvalue weighted by molar-refractivity contribution is -0.111. The fourth-order valence-corrected chi connectivity index (χ4v) is 1.85. The van der Waals surface area contributed by atoms with Gasteiger partial charge in [-0.25, -0.2) is 0 Å². The second-order valence-electron chi connectivity index (χ2n) is 5.20. The molecule has 0 aliphatic rings. The van der Waals surface area contributed by atoms with Gasteiger partial charge in [0.1, 0.15) is 0 Å². The van der Waals surface area contributed by atoms with E-state index in [9.17, 15) is 13.6 Å². The van der Waals surface area contributed by atoms with E-state index in [-0.39, 0.29) is 11.4 Å². The minimum atomic E-state index is -2.98. The fourth-order valence-electron chi connectivity index (χ4n) is 1.85. The van der Waals surface area contributed by atoms with Crippen LogP contribution in [0.5, 0.6) is 5.75 Å². The van der Waals surface area contributed by atoms with E-state index in [0.717, 1.165) is 12.6 Å². The molecule has 0 unspecified atom stereocenters. The first-order valence-corrected chi connectivity index (χ1v) is 6.92. The number of carbonyl (C=O) groups excluding carboxylic acids is 1. The van der Waals surface area contributed by atoms with Crippen molar-refractivity contribution in [1.82, 2.24) is 4.90 Å². The van der Waals surface area contributed by atoms with E-state index < -0.39 is 12.5 Å². The molecule has 0 bridgehead atoms. The van der Waals surface area contributed by atoms with Crippen LogP contribution in [0.4, 0.5) is 25.8 Å². The lowest BCUT2D eigenvalue weighted by Crippen LogP contribution is -2.29. The Balaban J connectivity index is 3.18. The lowest BCUT2D eigenvalue weighted by atomic mass is 10.2. The monoisotopic (exact) mass is 328 g/mol. The summed E-state index contributed by atoms with van der Waals surface area (Å²) >= 11 is 0. The molecule has 0 radical (unpaired) electrons. The number of amides is 1. The van der Waals surface area contributed by atoms with Crippen molar-refractivity contribution in [2.75, 3.05) is 50.2 Å². The molecule has 6 nitrogen and oxygen atoms in total. The maximum absolute atomic E-state index is 12.5. The van der Waals surface area contributed by atoms with Gasteiger partial charge in [0.15, 0.2) is 5.75 Å². The van der Waals surface area contributed by atoms with Crippen molar-refractivity contribution < 1.29 is 18.3 Å². The van der Waals surface area contributed by atoms with Crippen LogP contribution in [0.15, 0.2) is 24.8 Å². The van der Waals surface area contributed by atoms with Crippen LogP contribution in [-0.2, 0) is 4.79 Å². The van der Waals surface area contributed by atoms with Crippen LogP contribution in [0.2, 0.25) is 0 Å². The zero-order valence-corrected chi connectivity index (χ0v) is 13.5. The van der Waals surface area contributed by atoms with Crippen LogP contribution < -0.4 is 20.7 Å². The zero-order valence-electron chi connectivity index (χ0n) is 13.5. The summed E-state index contributed by atoms with van der Waals surface area (Å²) in [5, 5.41) is 2.61. The third-order valence-corrected chi connectivity index (χ3v) is 3.08. The average molecular weight is 328 g/mol. The van der Waals surface area contributed by atoms with Crippen LogP contribution in [0.3, 0.4) is 0 Å². The number of alkyl halides is 2. The third-order valence-electron chi connectivity index (χ3n) is 3.08. The standard InChI is InChI=1S/C15H22F2N4O2/c1-5-14(22)19-11-8-10(18)13(23-15(16)17)9-12(11)21(4)7-6-20(2)3/h5,8-9,15H,1,6-7,18H2,2-4H3,(H,19,22). The summed E-state index contributed by atoms with van der Waals surface area (Å²) < 4.78 is 29.4. The summed E-state index contributed by atoms with van der Waals surface area (Å²) in [7, 11) is 5.62. The highest BCUT2D eigenvalue weighted by Gasteiger charge is 2.16. The Labute approximate surface area is 134 Å². The molecule has 1 amide bonds. The van der Waals surface area contributed by atoms with Gasteiger partial charge in [-0.05, 0) is 26.2 Å². The molecular formula is C15H22F2N4O2. The Morgan fingerprint density at radius 1 is 1.39 bits per heavy atom. The lowest BCUT2D eigenvalue weighted by Gasteiger charge is -2.25. The van der Waals surface area contributed by atoms with Gasteiger partial charge in [-0.15, -0.1) is 0 Å². The van der Waals surface area contributed by atoms with Gasteiger partial charge in [-0.3, -0.25) is 4.79 Å². The molecule has 8 heteroatoms. The highest BCUT2D eigenvalue weighted by Crippen LogP contribution is 2.36. The van der Waals surface area contributed by atoms with Crippen molar-refractivity contribution in [3.05, 3.63) is 24.8 Å². The molecule has 0 heterocycles. The van der Waals surface area contributed by atoms with Crippen molar-refractivity contribution >= 4 is 23.0 Å². The van der Waals surface area contributed by atoms with E-state index in [0.29, 0.717) is 17.9 Å². The van der Waals surface area contributed by atoms with Crippen molar-refractivity contribution in [2.45, 2.75) is 6.61 Å². The highest BCUT2D eigenvalue weighted by molar-refractivity contribution is 6.02. The van der Waals surface area contributed by atoms with Gasteiger partial charge in [0.05, 0.1) is 17.1 Å². The van der Waals surface area contributed by atoms with Crippen molar-refractivity contribution in [2.24, 2.45) is 0 Å². The Morgan fingerprint density at radius 2 is 2.04 bits per heavy atom. The van der Waals surface area contributed by atoms with Gasteiger partial charge in [0.2, 0.25) is 5.91 Å². The number of nitrogens with one attached hydrogen (secondary N) is 1. The smallest absolute Gasteiger partial charge is 0.387 e. The first-order valence-electron chi connectivity index (χ1n) is 6.92. The first-order chi connectivity index (χ1) is 10.7. The number of likely N-dealkylation sites (N-methyl/N-ethyl adjacent to an activating group) is 2. The predicted molar refractivity (Wildman–Crippen MR) is 88.1 cm³/mol. The molecule has 3 N–H and O–H groups in total. The topological polar surface area (TPSA) is 70.8 Å². The third kappa shape index (κ3) is 5.74. The van der Waals surface area contributed by atoms with Gasteiger partial charge in [-0.1, -0.05) is 6.58 Å². The Bertz CT molecular complexity index is 565. The molecule has 0 atom stereocenters. The number of ether oxygens (including phenoxy) is 1. The van der Waals surface area contributed by atoms with Crippen molar-refractivity contribution in [3.63, 3.8) is 0 Å². The molecule has 23 heavy (non-hydrogen) atoms. The van der Waals surface area contributed by atoms with Gasteiger partial charge >= 0.3 is 6.61 Å². The second kappa shape index (κ2) is 8.33. The van der Waals surface area contributed by atoms with Gasteiger partial charge < -0.3 is 25.6 Å². The van der Waals surface area contributed by atoms with Crippen LogP contribution >= 0.6 is 0 Å². The Kier molecular flexibility index (Phi) is 6.77. The number of carbonyl (C=O) groups is 1. The van der Waals surface area contributed by atoms with E-state index in [1.165, 1.54) is 12.1 Å². The quantitative estimate of drug-likeness (QED) is 0.564. The molecule has 0 aromatic heterocycles. The molecule has 0 aliphatic heterocycles. The Morgan fingerprint density at radius 3 is 2.57 bits per heavy atom. The molecule has 0 fully saturated rings. The molecule has 1 aromatic rings. The normalized spacial score (nSPS) is 10.7. The van der Waals surface area contributed by atoms with E-state index >= 15 is 0 Å². The number of nitrogens with zero attached hydrogens (tertiary/aromatic N) is 2. The summed E-state index contributed by atoms with van der Waals surface area (Å²) in [6.45, 7) is 1.75. The van der Waals surface area contributed by atoms with Crippen LogP contribution in [0.25, 0.3) is 0 Å². The Hall–Kier alpha value is -2.35. The minimum absolute atomic E-state index is 0.00872. The number of hydrogen-bond acceptors (Lipinski definition) is 5. The summed E-state index contributed by atoms with van der Waals surface area (Å²) in [5.41, 5.74) is 6.64. The number of benzene rings is 1. The molecule has 0 aliphatic carbocycles. The first kappa shape index (κ1) is 18.7. The maximum Gasteiger partial charge on any atom is 0.387 e.